The topological polar surface area (TPSA) is 49.5 Å². The van der Waals surface area contributed by atoms with Gasteiger partial charge in [-0.15, -0.1) is 0 Å². The summed E-state index contributed by atoms with van der Waals surface area (Å²) in [6.07, 6.45) is 0. The van der Waals surface area contributed by atoms with E-state index in [2.05, 4.69) is 29.2 Å². The summed E-state index contributed by atoms with van der Waals surface area (Å²) in [6, 6.07) is 8.47. The Labute approximate surface area is 90.5 Å². The second-order valence-electron chi connectivity index (χ2n) is 4.28. The summed E-state index contributed by atoms with van der Waals surface area (Å²) in [5, 5.41) is 9.31. The van der Waals surface area contributed by atoms with Gasteiger partial charge >= 0.3 is 0 Å². The van der Waals surface area contributed by atoms with Crippen LogP contribution in [-0.2, 0) is 13.1 Å². The molecule has 0 bridgehead atoms. The van der Waals surface area contributed by atoms with E-state index in [4.69, 9.17) is 5.73 Å². The molecule has 2 rings (SSSR count). The Morgan fingerprint density at radius 2 is 1.87 bits per heavy atom. The van der Waals surface area contributed by atoms with Gasteiger partial charge in [0.15, 0.2) is 0 Å². The van der Waals surface area contributed by atoms with Gasteiger partial charge in [-0.1, -0.05) is 24.3 Å². The molecule has 1 aromatic rings. The van der Waals surface area contributed by atoms with Crippen LogP contribution in [-0.4, -0.2) is 28.7 Å². The highest BCUT2D eigenvalue weighted by Crippen LogP contribution is 2.24. The predicted molar refractivity (Wildman–Crippen MR) is 60.2 cm³/mol. The van der Waals surface area contributed by atoms with Gasteiger partial charge in [0.25, 0.3) is 0 Å². The maximum absolute atomic E-state index is 9.31. The van der Waals surface area contributed by atoms with Gasteiger partial charge in [0.2, 0.25) is 0 Å². The number of hydrogen-bond donors (Lipinski definition) is 2. The maximum atomic E-state index is 9.31. The molecule has 82 valence electrons. The molecule has 2 atom stereocenters. The number of nitrogens with two attached hydrogens (primary N) is 1. The Kier molecular flexibility index (Phi) is 3.05. The van der Waals surface area contributed by atoms with Gasteiger partial charge in [-0.3, -0.25) is 4.90 Å². The number of hydrogen-bond acceptors (Lipinski definition) is 3. The lowest BCUT2D eigenvalue weighted by Crippen LogP contribution is -2.46. The number of fused-ring (bicyclic) bond motifs is 1. The molecule has 0 saturated carbocycles. The Balaban J connectivity index is 2.12. The summed E-state index contributed by atoms with van der Waals surface area (Å²) in [6.45, 7) is 3.89. The largest absolute Gasteiger partial charge is 0.395 e. The third-order valence-electron chi connectivity index (χ3n) is 3.13. The highest BCUT2D eigenvalue weighted by atomic mass is 16.3. The molecule has 0 fully saturated rings. The first-order valence-electron chi connectivity index (χ1n) is 5.39. The second kappa shape index (κ2) is 4.31. The average Bonchev–Trinajstić information content (AvgIpc) is 2.61. The second-order valence-corrected chi connectivity index (χ2v) is 4.28. The van der Waals surface area contributed by atoms with Crippen molar-refractivity contribution in [3.05, 3.63) is 35.4 Å². The lowest BCUT2D eigenvalue weighted by atomic mass is 10.1. The number of nitrogens with zero attached hydrogens (tertiary/aromatic N) is 1. The minimum Gasteiger partial charge on any atom is -0.395 e. The van der Waals surface area contributed by atoms with Crippen LogP contribution in [0.25, 0.3) is 0 Å². The molecule has 0 aromatic heterocycles. The molecule has 0 spiro atoms. The first-order valence-corrected chi connectivity index (χ1v) is 5.39. The van der Waals surface area contributed by atoms with Crippen LogP contribution in [0.15, 0.2) is 24.3 Å². The van der Waals surface area contributed by atoms with E-state index < -0.39 is 0 Å². The van der Waals surface area contributed by atoms with E-state index >= 15 is 0 Å². The summed E-state index contributed by atoms with van der Waals surface area (Å²) in [5.74, 6) is 0. The summed E-state index contributed by atoms with van der Waals surface area (Å²) >= 11 is 0. The molecule has 3 heteroatoms. The van der Waals surface area contributed by atoms with Crippen LogP contribution in [0.1, 0.15) is 18.1 Å². The molecule has 0 amide bonds. The smallest absolute Gasteiger partial charge is 0.0602 e. The van der Waals surface area contributed by atoms with Crippen molar-refractivity contribution in [3.8, 4) is 0 Å². The minimum absolute atomic E-state index is 0.00399. The van der Waals surface area contributed by atoms with Crippen LogP contribution in [0.5, 0.6) is 0 Å². The van der Waals surface area contributed by atoms with Crippen molar-refractivity contribution in [1.82, 2.24) is 4.90 Å². The van der Waals surface area contributed by atoms with Gasteiger partial charge in [0, 0.05) is 25.2 Å². The van der Waals surface area contributed by atoms with Crippen molar-refractivity contribution < 1.29 is 5.11 Å². The van der Waals surface area contributed by atoms with E-state index in [1.807, 2.05) is 6.92 Å². The van der Waals surface area contributed by atoms with Crippen LogP contribution in [0, 0.1) is 0 Å². The van der Waals surface area contributed by atoms with Crippen molar-refractivity contribution >= 4 is 0 Å². The van der Waals surface area contributed by atoms with E-state index in [9.17, 15) is 5.11 Å². The van der Waals surface area contributed by atoms with Gasteiger partial charge in [-0.25, -0.2) is 0 Å². The van der Waals surface area contributed by atoms with E-state index in [0.717, 1.165) is 13.1 Å². The zero-order chi connectivity index (χ0) is 10.8. The number of aliphatic hydroxyl groups is 1. The molecule has 2 unspecified atom stereocenters. The van der Waals surface area contributed by atoms with Crippen molar-refractivity contribution in [3.63, 3.8) is 0 Å². The van der Waals surface area contributed by atoms with E-state index in [1.165, 1.54) is 11.1 Å². The maximum Gasteiger partial charge on any atom is 0.0602 e. The Morgan fingerprint density at radius 3 is 2.27 bits per heavy atom. The predicted octanol–water partition coefficient (Wildman–Crippen LogP) is 0.710. The van der Waals surface area contributed by atoms with E-state index in [1.54, 1.807) is 0 Å². The lowest BCUT2D eigenvalue weighted by Gasteiger charge is -2.28. The molecule has 0 radical (unpaired) electrons. The molecule has 1 aliphatic rings. The molecule has 3 nitrogen and oxygen atoms in total. The molecule has 1 heterocycles. The molecular weight excluding hydrogens is 188 g/mol. The van der Waals surface area contributed by atoms with Crippen LogP contribution >= 0.6 is 0 Å². The molecule has 0 aliphatic carbocycles. The zero-order valence-electron chi connectivity index (χ0n) is 9.06. The quantitative estimate of drug-likeness (QED) is 0.766. The highest BCUT2D eigenvalue weighted by Gasteiger charge is 2.27. The lowest BCUT2D eigenvalue weighted by molar-refractivity contribution is 0.106. The summed E-state index contributed by atoms with van der Waals surface area (Å²) < 4.78 is 0. The van der Waals surface area contributed by atoms with Crippen LogP contribution in [0.2, 0.25) is 0 Å². The van der Waals surface area contributed by atoms with Crippen LogP contribution in [0.4, 0.5) is 0 Å². The van der Waals surface area contributed by atoms with Crippen LogP contribution < -0.4 is 5.73 Å². The van der Waals surface area contributed by atoms with E-state index in [-0.39, 0.29) is 18.7 Å². The third-order valence-corrected chi connectivity index (χ3v) is 3.13. The first kappa shape index (κ1) is 10.6. The molecule has 15 heavy (non-hydrogen) atoms. The Morgan fingerprint density at radius 1 is 1.33 bits per heavy atom. The van der Waals surface area contributed by atoms with Gasteiger partial charge in [0.05, 0.1) is 6.61 Å². The number of aliphatic hydroxyl groups excluding tert-OH is 1. The van der Waals surface area contributed by atoms with Crippen molar-refractivity contribution in [2.75, 3.05) is 6.61 Å². The molecule has 3 N–H and O–H groups in total. The highest BCUT2D eigenvalue weighted by molar-refractivity contribution is 5.30. The fraction of sp³-hybridized carbons (Fsp3) is 0.500. The fourth-order valence-corrected chi connectivity index (χ4v) is 2.21. The first-order chi connectivity index (χ1) is 7.22. The summed E-state index contributed by atoms with van der Waals surface area (Å²) in [5.41, 5.74) is 8.58. The standard InChI is InChI=1S/C12H18N2O/c1-9(13)12(8-15)14-6-10-4-2-3-5-11(10)7-14/h2-5,9,12,15H,6-8,13H2,1H3. The summed E-state index contributed by atoms with van der Waals surface area (Å²) in [7, 11) is 0. The Hall–Kier alpha value is -0.900. The normalized spacial score (nSPS) is 19.9. The number of benzene rings is 1. The summed E-state index contributed by atoms with van der Waals surface area (Å²) in [4.78, 5) is 2.25. The van der Waals surface area contributed by atoms with Crippen molar-refractivity contribution in [2.45, 2.75) is 32.1 Å². The van der Waals surface area contributed by atoms with Gasteiger partial charge in [-0.05, 0) is 18.1 Å². The van der Waals surface area contributed by atoms with Gasteiger partial charge in [-0.2, -0.15) is 0 Å². The van der Waals surface area contributed by atoms with Gasteiger partial charge < -0.3 is 10.8 Å². The molecule has 0 saturated heterocycles. The third kappa shape index (κ3) is 2.04. The van der Waals surface area contributed by atoms with Crippen molar-refractivity contribution in [2.24, 2.45) is 5.73 Å². The zero-order valence-corrected chi connectivity index (χ0v) is 9.06. The van der Waals surface area contributed by atoms with Crippen LogP contribution in [0.3, 0.4) is 0 Å². The van der Waals surface area contributed by atoms with E-state index in [0.29, 0.717) is 0 Å². The monoisotopic (exact) mass is 206 g/mol. The molecule has 1 aromatic carbocycles. The SMILES string of the molecule is CC(N)C(CO)N1Cc2ccccc2C1. The minimum atomic E-state index is 0.00399. The molecular formula is C12H18N2O. The average molecular weight is 206 g/mol. The fourth-order valence-electron chi connectivity index (χ4n) is 2.21. The van der Waals surface area contributed by atoms with Gasteiger partial charge in [0.1, 0.15) is 0 Å². The number of rotatable bonds is 3. The Bertz CT molecular complexity index is 313. The molecule has 1 aliphatic heterocycles. The van der Waals surface area contributed by atoms with Crippen molar-refractivity contribution in [1.29, 1.82) is 0 Å².